The lowest BCUT2D eigenvalue weighted by molar-refractivity contribution is 1.10. The first-order valence-corrected chi connectivity index (χ1v) is 4.06. The van der Waals surface area contributed by atoms with Crippen molar-refractivity contribution in [3.63, 3.8) is 0 Å². The molecule has 0 spiro atoms. The van der Waals surface area contributed by atoms with Crippen molar-refractivity contribution in [2.75, 3.05) is 0 Å². The highest BCUT2D eigenvalue weighted by Gasteiger charge is 1.91. The van der Waals surface area contributed by atoms with Crippen molar-refractivity contribution in [1.29, 1.82) is 0 Å². The van der Waals surface area contributed by atoms with Gasteiger partial charge in [0.2, 0.25) is 0 Å². The third kappa shape index (κ3) is 2.10. The number of rotatable bonds is 2. The Kier molecular flexibility index (Phi) is 2.87. The van der Waals surface area contributed by atoms with Gasteiger partial charge in [0.25, 0.3) is 0 Å². The van der Waals surface area contributed by atoms with Gasteiger partial charge in [-0.25, -0.2) is 0 Å². The highest BCUT2D eigenvalue weighted by atomic mass is 79.9. The van der Waals surface area contributed by atoms with Gasteiger partial charge in [0, 0.05) is 16.9 Å². The van der Waals surface area contributed by atoms with E-state index in [1.54, 1.807) is 6.20 Å². The molecule has 2 heteroatoms. The first-order valence-electron chi connectivity index (χ1n) is 3.26. The first-order chi connectivity index (χ1) is 4.83. The Hall–Kier alpha value is -0.370. The third-order valence-electron chi connectivity index (χ3n) is 1.17. The van der Waals surface area contributed by atoms with E-state index in [9.17, 15) is 0 Å². The minimum atomic E-state index is 1.04. The van der Waals surface area contributed by atoms with Gasteiger partial charge in [-0.1, -0.05) is 6.92 Å². The zero-order valence-electron chi connectivity index (χ0n) is 5.84. The van der Waals surface area contributed by atoms with Gasteiger partial charge < -0.3 is 0 Å². The summed E-state index contributed by atoms with van der Waals surface area (Å²) in [5, 5.41) is 0. The second-order valence-corrected chi connectivity index (χ2v) is 2.96. The van der Waals surface area contributed by atoms with Crippen LogP contribution in [-0.2, 0) is 0 Å². The fraction of sp³-hybridized carbons (Fsp3) is 0.250. The van der Waals surface area contributed by atoms with E-state index in [1.165, 1.54) is 5.56 Å². The van der Waals surface area contributed by atoms with E-state index in [0.717, 1.165) is 10.9 Å². The number of hydrogen-bond donors (Lipinski definition) is 0. The molecule has 0 bridgehead atoms. The predicted octanol–water partition coefficient (Wildman–Crippen LogP) is 2.81. The Morgan fingerprint density at radius 2 is 2.40 bits per heavy atom. The van der Waals surface area contributed by atoms with E-state index >= 15 is 0 Å². The average molecular weight is 199 g/mol. The summed E-state index contributed by atoms with van der Waals surface area (Å²) in [6.07, 6.45) is 6.83. The molecule has 1 aromatic heterocycles. The molecule has 0 N–H and O–H groups in total. The SMILES string of the molecule is CC[CH]c1cncc(Br)c1. The molecule has 10 heavy (non-hydrogen) atoms. The van der Waals surface area contributed by atoms with Crippen LogP contribution < -0.4 is 0 Å². The number of aromatic nitrogens is 1. The average Bonchev–Trinajstić information content (AvgIpc) is 1.88. The van der Waals surface area contributed by atoms with Crippen molar-refractivity contribution >= 4 is 15.9 Å². The van der Waals surface area contributed by atoms with E-state index in [-0.39, 0.29) is 0 Å². The number of halogens is 1. The zero-order valence-corrected chi connectivity index (χ0v) is 7.43. The Balaban J connectivity index is 2.75. The van der Waals surface area contributed by atoms with Crippen LogP contribution in [0, 0.1) is 6.42 Å². The van der Waals surface area contributed by atoms with Gasteiger partial charge in [-0.2, -0.15) is 0 Å². The minimum Gasteiger partial charge on any atom is -0.263 e. The molecular formula is C8H9BrN. The van der Waals surface area contributed by atoms with Gasteiger partial charge in [0.15, 0.2) is 0 Å². The van der Waals surface area contributed by atoms with Crippen LogP contribution in [0.4, 0.5) is 0 Å². The van der Waals surface area contributed by atoms with E-state index in [1.807, 2.05) is 6.20 Å². The number of pyridine rings is 1. The topological polar surface area (TPSA) is 12.9 Å². The summed E-state index contributed by atoms with van der Waals surface area (Å²) < 4.78 is 1.04. The smallest absolute Gasteiger partial charge is 0.0410 e. The Bertz CT molecular complexity index is 210. The van der Waals surface area contributed by atoms with E-state index in [0.29, 0.717) is 0 Å². The summed E-state index contributed by atoms with van der Waals surface area (Å²) in [6.45, 7) is 2.11. The highest BCUT2D eigenvalue weighted by molar-refractivity contribution is 9.10. The molecule has 0 atom stereocenters. The second-order valence-electron chi connectivity index (χ2n) is 2.05. The van der Waals surface area contributed by atoms with Crippen molar-refractivity contribution in [3.05, 3.63) is 34.9 Å². The zero-order chi connectivity index (χ0) is 7.40. The molecule has 1 nitrogen and oxygen atoms in total. The molecule has 0 aromatic carbocycles. The van der Waals surface area contributed by atoms with E-state index in [4.69, 9.17) is 0 Å². The maximum absolute atomic E-state index is 4.02. The summed E-state index contributed by atoms with van der Waals surface area (Å²) >= 11 is 3.35. The van der Waals surface area contributed by atoms with Crippen molar-refractivity contribution < 1.29 is 0 Å². The molecule has 0 aliphatic rings. The van der Waals surface area contributed by atoms with Crippen molar-refractivity contribution in [3.8, 4) is 0 Å². The van der Waals surface area contributed by atoms with Gasteiger partial charge in [-0.05, 0) is 40.4 Å². The molecule has 0 aliphatic heterocycles. The lowest BCUT2D eigenvalue weighted by atomic mass is 10.2. The van der Waals surface area contributed by atoms with Crippen LogP contribution in [0.5, 0.6) is 0 Å². The summed E-state index contributed by atoms with van der Waals surface area (Å²) in [5.74, 6) is 0. The van der Waals surface area contributed by atoms with Gasteiger partial charge in [-0.3, -0.25) is 4.98 Å². The monoisotopic (exact) mass is 198 g/mol. The Morgan fingerprint density at radius 1 is 1.60 bits per heavy atom. The van der Waals surface area contributed by atoms with Crippen LogP contribution in [0.3, 0.4) is 0 Å². The molecule has 1 radical (unpaired) electrons. The number of nitrogens with zero attached hydrogens (tertiary/aromatic N) is 1. The lowest BCUT2D eigenvalue weighted by Crippen LogP contribution is -1.81. The van der Waals surface area contributed by atoms with E-state index < -0.39 is 0 Å². The van der Waals surface area contributed by atoms with Crippen LogP contribution in [0.15, 0.2) is 22.9 Å². The summed E-state index contributed by atoms with van der Waals surface area (Å²) in [7, 11) is 0. The lowest BCUT2D eigenvalue weighted by Gasteiger charge is -1.95. The van der Waals surface area contributed by atoms with E-state index in [2.05, 4.69) is 40.3 Å². The van der Waals surface area contributed by atoms with Gasteiger partial charge in [-0.15, -0.1) is 0 Å². The van der Waals surface area contributed by atoms with Crippen molar-refractivity contribution in [2.24, 2.45) is 0 Å². The summed E-state index contributed by atoms with van der Waals surface area (Å²) in [4.78, 5) is 4.02. The Morgan fingerprint density at radius 3 is 3.00 bits per heavy atom. The maximum atomic E-state index is 4.02. The predicted molar refractivity (Wildman–Crippen MR) is 45.6 cm³/mol. The molecule has 0 aliphatic carbocycles. The largest absolute Gasteiger partial charge is 0.263 e. The van der Waals surface area contributed by atoms with Gasteiger partial charge >= 0.3 is 0 Å². The third-order valence-corrected chi connectivity index (χ3v) is 1.60. The fourth-order valence-electron chi connectivity index (χ4n) is 0.776. The molecule has 1 aromatic rings. The maximum Gasteiger partial charge on any atom is 0.0410 e. The van der Waals surface area contributed by atoms with Crippen LogP contribution in [0.25, 0.3) is 0 Å². The van der Waals surface area contributed by atoms with Crippen LogP contribution in [0.2, 0.25) is 0 Å². The van der Waals surface area contributed by atoms with Crippen LogP contribution >= 0.6 is 15.9 Å². The van der Waals surface area contributed by atoms with Crippen LogP contribution in [0.1, 0.15) is 18.9 Å². The standard InChI is InChI=1S/C8H9BrN/c1-2-3-7-4-8(9)6-10-5-7/h3-6H,2H2,1H3. The quantitative estimate of drug-likeness (QED) is 0.713. The molecule has 53 valence electrons. The molecule has 1 rings (SSSR count). The minimum absolute atomic E-state index is 1.04. The molecule has 0 amide bonds. The first kappa shape index (κ1) is 7.73. The molecule has 1 heterocycles. The molecule has 0 fully saturated rings. The molecule has 0 saturated heterocycles. The normalized spacial score (nSPS) is 9.80. The van der Waals surface area contributed by atoms with Crippen molar-refractivity contribution in [2.45, 2.75) is 13.3 Å². The molecule has 0 saturated carbocycles. The second kappa shape index (κ2) is 3.71. The summed E-state index contributed by atoms with van der Waals surface area (Å²) in [5.41, 5.74) is 1.18. The molecular weight excluding hydrogens is 190 g/mol. The van der Waals surface area contributed by atoms with Crippen LogP contribution in [-0.4, -0.2) is 4.98 Å². The van der Waals surface area contributed by atoms with Crippen molar-refractivity contribution in [1.82, 2.24) is 4.98 Å². The van der Waals surface area contributed by atoms with Gasteiger partial charge in [0.1, 0.15) is 0 Å². The molecule has 0 unspecified atom stereocenters. The van der Waals surface area contributed by atoms with Gasteiger partial charge in [0.05, 0.1) is 0 Å². The summed E-state index contributed by atoms with van der Waals surface area (Å²) in [6, 6.07) is 2.05. The fourth-order valence-corrected chi connectivity index (χ4v) is 1.16. The number of hydrogen-bond acceptors (Lipinski definition) is 1. The Labute approximate surface area is 69.6 Å². The highest BCUT2D eigenvalue weighted by Crippen LogP contribution is 2.11.